The van der Waals surface area contributed by atoms with E-state index in [-0.39, 0.29) is 11.9 Å². The maximum Gasteiger partial charge on any atom is 0.340 e. The van der Waals surface area contributed by atoms with Gasteiger partial charge in [0.15, 0.2) is 0 Å². The lowest BCUT2D eigenvalue weighted by Crippen LogP contribution is -2.39. The summed E-state index contributed by atoms with van der Waals surface area (Å²) in [4.78, 5) is 21.1. The van der Waals surface area contributed by atoms with Crippen molar-refractivity contribution < 1.29 is 9.53 Å². The fraction of sp³-hybridized carbons (Fsp3) is 0.389. The highest BCUT2D eigenvalue weighted by Gasteiger charge is 2.40. The van der Waals surface area contributed by atoms with Gasteiger partial charge in [-0.3, -0.25) is 0 Å². The highest BCUT2D eigenvalue weighted by molar-refractivity contribution is 5.92. The number of aromatic nitrogens is 2. The lowest BCUT2D eigenvalue weighted by Gasteiger charge is -2.36. The van der Waals surface area contributed by atoms with E-state index >= 15 is 0 Å². The van der Waals surface area contributed by atoms with Crippen LogP contribution in [0.25, 0.3) is 0 Å². The van der Waals surface area contributed by atoms with E-state index in [2.05, 4.69) is 22.2 Å². The third-order valence-corrected chi connectivity index (χ3v) is 4.44. The zero-order chi connectivity index (χ0) is 16.6. The summed E-state index contributed by atoms with van der Waals surface area (Å²) >= 11 is 0. The number of aryl methyl sites for hydroxylation is 1. The van der Waals surface area contributed by atoms with Crippen LogP contribution in [0, 0.1) is 0 Å². The quantitative estimate of drug-likeness (QED) is 0.873. The molecule has 1 atom stereocenters. The molecule has 5 heteroatoms. The summed E-state index contributed by atoms with van der Waals surface area (Å²) in [6.07, 6.45) is 2.73. The van der Waals surface area contributed by atoms with Crippen molar-refractivity contribution in [3.63, 3.8) is 0 Å². The third-order valence-electron chi connectivity index (χ3n) is 4.44. The summed E-state index contributed by atoms with van der Waals surface area (Å²) in [5.41, 5.74) is 1.95. The van der Waals surface area contributed by atoms with E-state index in [0.717, 1.165) is 17.9 Å². The average Bonchev–Trinajstić information content (AvgIpc) is 2.52. The molecule has 2 aromatic heterocycles. The summed E-state index contributed by atoms with van der Waals surface area (Å²) in [7, 11) is 0. The topological polar surface area (TPSA) is 64.1 Å². The molecule has 120 valence electrons. The molecule has 3 heterocycles. The van der Waals surface area contributed by atoms with Crippen molar-refractivity contribution in [3.05, 3.63) is 47.3 Å². The van der Waals surface area contributed by atoms with E-state index in [4.69, 9.17) is 4.74 Å². The third kappa shape index (κ3) is 2.91. The molecular weight excluding hydrogens is 290 g/mol. The summed E-state index contributed by atoms with van der Waals surface area (Å²) < 4.78 is 5.49. The van der Waals surface area contributed by atoms with Gasteiger partial charge in [0.25, 0.3) is 0 Å². The van der Waals surface area contributed by atoms with Gasteiger partial charge in [-0.2, -0.15) is 0 Å². The number of anilines is 2. The number of cyclic esters (lactones) is 1. The SMILES string of the molecule is CCc1ccnc(Nc2ccc3c(n2)[C@@H](C)C(C)(C)OC3=O)c1. The number of hydrogen-bond donors (Lipinski definition) is 1. The van der Waals surface area contributed by atoms with Crippen LogP contribution >= 0.6 is 0 Å². The van der Waals surface area contributed by atoms with Crippen LogP contribution in [0.2, 0.25) is 0 Å². The van der Waals surface area contributed by atoms with Gasteiger partial charge < -0.3 is 10.1 Å². The molecule has 1 aliphatic rings. The molecule has 0 unspecified atom stereocenters. The molecular formula is C18H21N3O2. The minimum absolute atomic E-state index is 0.0203. The maximum absolute atomic E-state index is 12.1. The Bertz CT molecular complexity index is 756. The Labute approximate surface area is 136 Å². The number of pyridine rings is 2. The van der Waals surface area contributed by atoms with E-state index in [9.17, 15) is 4.79 Å². The fourth-order valence-corrected chi connectivity index (χ4v) is 2.65. The number of ether oxygens (including phenoxy) is 1. The standard InChI is InChI=1S/C18H21N3O2/c1-5-12-8-9-19-15(10-12)20-14-7-6-13-16(21-14)11(2)18(3,4)23-17(13)22/h6-11H,5H2,1-4H3,(H,19,20,21)/t11-/m1/s1. The molecule has 0 radical (unpaired) electrons. The molecule has 0 bridgehead atoms. The lowest BCUT2D eigenvalue weighted by atomic mass is 9.84. The zero-order valence-electron chi connectivity index (χ0n) is 13.9. The molecule has 1 N–H and O–H groups in total. The summed E-state index contributed by atoms with van der Waals surface area (Å²) in [5, 5.41) is 3.22. The van der Waals surface area contributed by atoms with Gasteiger partial charge in [0, 0.05) is 12.1 Å². The van der Waals surface area contributed by atoms with Crippen LogP contribution in [-0.2, 0) is 11.2 Å². The van der Waals surface area contributed by atoms with Gasteiger partial charge in [-0.15, -0.1) is 0 Å². The first-order chi connectivity index (χ1) is 10.9. The summed E-state index contributed by atoms with van der Waals surface area (Å²) in [6, 6.07) is 7.54. The predicted octanol–water partition coefficient (Wildman–Crippen LogP) is 3.84. The van der Waals surface area contributed by atoms with Crippen molar-refractivity contribution in [2.75, 3.05) is 5.32 Å². The Kier molecular flexibility index (Phi) is 3.80. The van der Waals surface area contributed by atoms with Crippen molar-refractivity contribution in [1.29, 1.82) is 0 Å². The van der Waals surface area contributed by atoms with Gasteiger partial charge in [0.05, 0.1) is 11.3 Å². The molecule has 0 saturated carbocycles. The van der Waals surface area contributed by atoms with Crippen molar-refractivity contribution in [3.8, 4) is 0 Å². The lowest BCUT2D eigenvalue weighted by molar-refractivity contribution is -0.0189. The normalized spacial score (nSPS) is 19.0. The Balaban J connectivity index is 1.94. The first-order valence-corrected chi connectivity index (χ1v) is 7.87. The largest absolute Gasteiger partial charge is 0.455 e. The van der Waals surface area contributed by atoms with Crippen molar-refractivity contribution in [2.24, 2.45) is 0 Å². The minimum Gasteiger partial charge on any atom is -0.455 e. The van der Waals surface area contributed by atoms with Gasteiger partial charge in [-0.25, -0.2) is 14.8 Å². The molecule has 0 fully saturated rings. The maximum atomic E-state index is 12.1. The number of nitrogens with one attached hydrogen (secondary N) is 1. The minimum atomic E-state index is -0.559. The second-order valence-electron chi connectivity index (χ2n) is 6.37. The molecule has 3 rings (SSSR count). The highest BCUT2D eigenvalue weighted by Crippen LogP contribution is 2.37. The smallest absolute Gasteiger partial charge is 0.340 e. The van der Waals surface area contributed by atoms with Crippen molar-refractivity contribution >= 4 is 17.6 Å². The molecule has 0 saturated heterocycles. The molecule has 0 aromatic carbocycles. The van der Waals surface area contributed by atoms with Crippen molar-refractivity contribution in [2.45, 2.75) is 45.6 Å². The van der Waals surface area contributed by atoms with Crippen LogP contribution in [0.3, 0.4) is 0 Å². The van der Waals surface area contributed by atoms with E-state index in [1.54, 1.807) is 18.3 Å². The Morgan fingerprint density at radius 2 is 2.04 bits per heavy atom. The monoisotopic (exact) mass is 311 g/mol. The van der Waals surface area contributed by atoms with E-state index in [1.807, 2.05) is 32.9 Å². The Hall–Kier alpha value is -2.43. The average molecular weight is 311 g/mol. The van der Waals surface area contributed by atoms with Gasteiger partial charge in [0.1, 0.15) is 17.2 Å². The predicted molar refractivity (Wildman–Crippen MR) is 89.0 cm³/mol. The van der Waals surface area contributed by atoms with E-state index in [0.29, 0.717) is 11.4 Å². The van der Waals surface area contributed by atoms with E-state index < -0.39 is 5.60 Å². The molecule has 1 aliphatic heterocycles. The summed E-state index contributed by atoms with van der Waals surface area (Å²) in [5.74, 6) is 1.14. The Morgan fingerprint density at radius 3 is 2.78 bits per heavy atom. The molecule has 5 nitrogen and oxygen atoms in total. The molecule has 0 spiro atoms. The second kappa shape index (κ2) is 5.65. The number of hydrogen-bond acceptors (Lipinski definition) is 5. The Morgan fingerprint density at radius 1 is 1.26 bits per heavy atom. The van der Waals surface area contributed by atoms with Gasteiger partial charge in [-0.1, -0.05) is 13.8 Å². The van der Waals surface area contributed by atoms with Crippen LogP contribution in [0.15, 0.2) is 30.5 Å². The van der Waals surface area contributed by atoms with E-state index in [1.165, 1.54) is 5.56 Å². The first-order valence-electron chi connectivity index (χ1n) is 7.87. The van der Waals surface area contributed by atoms with Crippen LogP contribution < -0.4 is 5.32 Å². The van der Waals surface area contributed by atoms with Gasteiger partial charge in [0.2, 0.25) is 0 Å². The van der Waals surface area contributed by atoms with Crippen LogP contribution in [-0.4, -0.2) is 21.5 Å². The zero-order valence-corrected chi connectivity index (χ0v) is 13.9. The van der Waals surface area contributed by atoms with Crippen LogP contribution in [0.4, 0.5) is 11.6 Å². The van der Waals surface area contributed by atoms with Crippen molar-refractivity contribution in [1.82, 2.24) is 9.97 Å². The summed E-state index contributed by atoms with van der Waals surface area (Å²) in [6.45, 7) is 7.95. The highest BCUT2D eigenvalue weighted by atomic mass is 16.6. The van der Waals surface area contributed by atoms with Gasteiger partial charge >= 0.3 is 5.97 Å². The number of fused-ring (bicyclic) bond motifs is 1. The number of carbonyl (C=O) groups is 1. The van der Waals surface area contributed by atoms with Gasteiger partial charge in [-0.05, 0) is 50.1 Å². The first kappa shape index (κ1) is 15.5. The number of carbonyl (C=O) groups excluding carboxylic acids is 1. The molecule has 2 aromatic rings. The number of rotatable bonds is 3. The fourth-order valence-electron chi connectivity index (χ4n) is 2.65. The van der Waals surface area contributed by atoms with Crippen LogP contribution in [0.1, 0.15) is 55.2 Å². The molecule has 23 heavy (non-hydrogen) atoms. The second-order valence-corrected chi connectivity index (χ2v) is 6.37. The molecule has 0 amide bonds. The number of esters is 1. The van der Waals surface area contributed by atoms with Crippen LogP contribution in [0.5, 0.6) is 0 Å². The number of nitrogens with zero attached hydrogens (tertiary/aromatic N) is 2. The molecule has 0 aliphatic carbocycles.